The minimum atomic E-state index is -0.534. The minimum absolute atomic E-state index is 0.0656. The van der Waals surface area contributed by atoms with Crippen molar-refractivity contribution < 1.29 is 9.59 Å². The van der Waals surface area contributed by atoms with E-state index in [1.807, 2.05) is 50.2 Å². The monoisotopic (exact) mass is 426 g/mol. The average molecular weight is 427 g/mol. The molecule has 1 aliphatic carbocycles. The first-order valence-corrected chi connectivity index (χ1v) is 11.2. The lowest BCUT2D eigenvalue weighted by Gasteiger charge is -2.31. The zero-order valence-corrected chi connectivity index (χ0v) is 18.6. The van der Waals surface area contributed by atoms with Crippen LogP contribution >= 0.6 is 11.6 Å². The summed E-state index contributed by atoms with van der Waals surface area (Å²) in [6.45, 7) is 4.27. The normalized spacial score (nSPS) is 15.4. The van der Waals surface area contributed by atoms with Gasteiger partial charge in [-0.2, -0.15) is 0 Å². The second kappa shape index (κ2) is 10.6. The van der Waals surface area contributed by atoms with Crippen LogP contribution in [-0.4, -0.2) is 28.8 Å². The van der Waals surface area contributed by atoms with Crippen LogP contribution in [0.1, 0.15) is 55.7 Å². The molecule has 1 saturated carbocycles. The zero-order chi connectivity index (χ0) is 21.5. The Morgan fingerprint density at radius 1 is 1.00 bits per heavy atom. The van der Waals surface area contributed by atoms with Gasteiger partial charge in [0.15, 0.2) is 0 Å². The SMILES string of the molecule is Cc1ccc(CN(C(=O)Cc2ccc(Cl)cc2)[C@@H](C)C(=O)NC2CCCCC2)cc1. The van der Waals surface area contributed by atoms with E-state index in [9.17, 15) is 9.59 Å². The van der Waals surface area contributed by atoms with Gasteiger partial charge in [0, 0.05) is 17.6 Å². The van der Waals surface area contributed by atoms with Crippen LogP contribution in [0.2, 0.25) is 5.02 Å². The van der Waals surface area contributed by atoms with Gasteiger partial charge in [-0.05, 0) is 49.9 Å². The van der Waals surface area contributed by atoms with Crippen molar-refractivity contribution in [1.82, 2.24) is 10.2 Å². The molecule has 30 heavy (non-hydrogen) atoms. The molecule has 0 heterocycles. The first-order chi connectivity index (χ1) is 14.4. The Morgan fingerprint density at radius 2 is 1.60 bits per heavy atom. The summed E-state index contributed by atoms with van der Waals surface area (Å²) in [6, 6.07) is 15.1. The molecule has 0 saturated heterocycles. The van der Waals surface area contributed by atoms with Gasteiger partial charge < -0.3 is 10.2 Å². The van der Waals surface area contributed by atoms with Crippen LogP contribution in [0.3, 0.4) is 0 Å². The largest absolute Gasteiger partial charge is 0.352 e. The third kappa shape index (κ3) is 6.33. The molecule has 160 valence electrons. The molecule has 4 nitrogen and oxygen atoms in total. The lowest BCUT2D eigenvalue weighted by atomic mass is 9.95. The lowest BCUT2D eigenvalue weighted by Crippen LogP contribution is -2.50. The topological polar surface area (TPSA) is 49.4 Å². The summed E-state index contributed by atoms with van der Waals surface area (Å²) in [4.78, 5) is 27.9. The maximum Gasteiger partial charge on any atom is 0.242 e. The second-order valence-electron chi connectivity index (χ2n) is 8.33. The zero-order valence-electron chi connectivity index (χ0n) is 17.9. The molecular formula is C25H31ClN2O2. The molecule has 0 spiro atoms. The van der Waals surface area contributed by atoms with Gasteiger partial charge in [-0.25, -0.2) is 0 Å². The Kier molecular flexibility index (Phi) is 7.92. The van der Waals surface area contributed by atoms with E-state index < -0.39 is 6.04 Å². The average Bonchev–Trinajstić information content (AvgIpc) is 2.75. The molecule has 2 aromatic carbocycles. The maximum atomic E-state index is 13.2. The van der Waals surface area contributed by atoms with Crippen LogP contribution in [0.4, 0.5) is 0 Å². The Bertz CT molecular complexity index is 842. The summed E-state index contributed by atoms with van der Waals surface area (Å²) in [7, 11) is 0. The molecule has 3 rings (SSSR count). The Hall–Kier alpha value is -2.33. The number of amides is 2. The summed E-state index contributed by atoms with van der Waals surface area (Å²) in [6.07, 6.45) is 5.83. The number of nitrogens with zero attached hydrogens (tertiary/aromatic N) is 1. The van der Waals surface area contributed by atoms with Crippen molar-refractivity contribution in [3.63, 3.8) is 0 Å². The summed E-state index contributed by atoms with van der Waals surface area (Å²) in [5, 5.41) is 3.81. The van der Waals surface area contributed by atoms with Gasteiger partial charge >= 0.3 is 0 Å². The van der Waals surface area contributed by atoms with E-state index in [0.717, 1.165) is 36.8 Å². The van der Waals surface area contributed by atoms with Crippen LogP contribution in [-0.2, 0) is 22.6 Å². The van der Waals surface area contributed by atoms with Gasteiger partial charge in [-0.3, -0.25) is 9.59 Å². The highest BCUT2D eigenvalue weighted by molar-refractivity contribution is 6.30. The van der Waals surface area contributed by atoms with Crippen LogP contribution in [0, 0.1) is 6.92 Å². The number of carbonyl (C=O) groups is 2. The van der Waals surface area contributed by atoms with E-state index in [1.54, 1.807) is 17.0 Å². The van der Waals surface area contributed by atoms with Gasteiger partial charge in [-0.15, -0.1) is 0 Å². The van der Waals surface area contributed by atoms with Crippen molar-refractivity contribution in [1.29, 1.82) is 0 Å². The van der Waals surface area contributed by atoms with Crippen LogP contribution in [0.25, 0.3) is 0 Å². The van der Waals surface area contributed by atoms with Crippen LogP contribution in [0.15, 0.2) is 48.5 Å². The minimum Gasteiger partial charge on any atom is -0.352 e. The fraction of sp³-hybridized carbons (Fsp3) is 0.440. The molecule has 2 aromatic rings. The van der Waals surface area contributed by atoms with Gasteiger partial charge in [0.05, 0.1) is 6.42 Å². The summed E-state index contributed by atoms with van der Waals surface area (Å²) in [5.74, 6) is -0.136. The Morgan fingerprint density at radius 3 is 2.23 bits per heavy atom. The van der Waals surface area contributed by atoms with Gasteiger partial charge in [-0.1, -0.05) is 72.8 Å². The van der Waals surface area contributed by atoms with E-state index in [2.05, 4.69) is 5.32 Å². The number of benzene rings is 2. The van der Waals surface area contributed by atoms with E-state index in [-0.39, 0.29) is 24.3 Å². The number of aryl methyl sites for hydroxylation is 1. The predicted molar refractivity (Wildman–Crippen MR) is 121 cm³/mol. The molecule has 0 aliphatic heterocycles. The molecule has 0 unspecified atom stereocenters. The quantitative estimate of drug-likeness (QED) is 0.672. The first-order valence-electron chi connectivity index (χ1n) is 10.8. The van der Waals surface area contributed by atoms with Gasteiger partial charge in [0.2, 0.25) is 11.8 Å². The Labute approximate surface area is 184 Å². The molecule has 1 aliphatic rings. The lowest BCUT2D eigenvalue weighted by molar-refractivity contribution is -0.140. The number of rotatable bonds is 7. The predicted octanol–water partition coefficient (Wildman–Crippen LogP) is 5.06. The number of carbonyl (C=O) groups excluding carboxylic acids is 2. The summed E-state index contributed by atoms with van der Waals surface area (Å²) < 4.78 is 0. The third-order valence-corrected chi connectivity index (χ3v) is 6.11. The fourth-order valence-corrected chi connectivity index (χ4v) is 4.05. The summed E-state index contributed by atoms with van der Waals surface area (Å²) >= 11 is 5.97. The number of hydrogen-bond donors (Lipinski definition) is 1. The van der Waals surface area contributed by atoms with E-state index in [4.69, 9.17) is 11.6 Å². The molecule has 5 heteroatoms. The van der Waals surface area contributed by atoms with Gasteiger partial charge in [0.1, 0.15) is 6.04 Å². The van der Waals surface area contributed by atoms with Crippen LogP contribution < -0.4 is 5.32 Å². The Balaban J connectivity index is 1.74. The van der Waals surface area contributed by atoms with Crippen molar-refractivity contribution in [2.45, 2.75) is 71.0 Å². The van der Waals surface area contributed by atoms with E-state index in [0.29, 0.717) is 11.6 Å². The van der Waals surface area contributed by atoms with E-state index >= 15 is 0 Å². The van der Waals surface area contributed by atoms with Gasteiger partial charge in [0.25, 0.3) is 0 Å². The molecule has 1 fully saturated rings. The first kappa shape index (κ1) is 22.4. The maximum absolute atomic E-state index is 13.2. The standard InChI is InChI=1S/C25H31ClN2O2/c1-18-8-10-21(11-9-18)17-28(24(29)16-20-12-14-22(26)15-13-20)19(2)25(30)27-23-6-4-3-5-7-23/h8-15,19,23H,3-7,16-17H2,1-2H3,(H,27,30)/t19-/m0/s1. The highest BCUT2D eigenvalue weighted by Gasteiger charge is 2.28. The van der Waals surface area contributed by atoms with Crippen molar-refractivity contribution >= 4 is 23.4 Å². The molecule has 0 radical (unpaired) electrons. The second-order valence-corrected chi connectivity index (χ2v) is 8.77. The molecule has 2 amide bonds. The third-order valence-electron chi connectivity index (χ3n) is 5.86. The van der Waals surface area contributed by atoms with Crippen molar-refractivity contribution in [3.8, 4) is 0 Å². The number of halogens is 1. The smallest absolute Gasteiger partial charge is 0.242 e. The fourth-order valence-electron chi connectivity index (χ4n) is 3.92. The molecular weight excluding hydrogens is 396 g/mol. The molecule has 0 bridgehead atoms. The highest BCUT2D eigenvalue weighted by atomic mass is 35.5. The van der Waals surface area contributed by atoms with Crippen molar-refractivity contribution in [3.05, 3.63) is 70.2 Å². The molecule has 1 N–H and O–H groups in total. The highest BCUT2D eigenvalue weighted by Crippen LogP contribution is 2.19. The van der Waals surface area contributed by atoms with Crippen LogP contribution in [0.5, 0.6) is 0 Å². The van der Waals surface area contributed by atoms with E-state index in [1.165, 1.54) is 12.0 Å². The number of nitrogens with one attached hydrogen (secondary N) is 1. The van der Waals surface area contributed by atoms with Crippen molar-refractivity contribution in [2.75, 3.05) is 0 Å². The number of hydrogen-bond acceptors (Lipinski definition) is 2. The molecule has 0 aromatic heterocycles. The summed E-state index contributed by atoms with van der Waals surface area (Å²) in [5.41, 5.74) is 3.07. The van der Waals surface area contributed by atoms with Crippen molar-refractivity contribution in [2.24, 2.45) is 0 Å². The molecule has 1 atom stereocenters.